The number of methoxy groups -OCH3 is 2. The van der Waals surface area contributed by atoms with Crippen LogP contribution in [0.25, 0.3) is 0 Å². The molecule has 0 aliphatic rings. The molecule has 4 aromatic rings. The molecule has 10 heteroatoms. The average Bonchev–Trinajstić information content (AvgIpc) is 3.06. The number of hydrogen-bond acceptors (Lipinski definition) is 6. The zero-order valence-corrected chi connectivity index (χ0v) is 27.0. The zero-order valence-electron chi connectivity index (χ0n) is 26.2. The molecule has 0 unspecified atom stereocenters. The van der Waals surface area contributed by atoms with Crippen LogP contribution >= 0.6 is 0 Å². The number of likely N-dealkylation sites (N-methyl/N-ethyl adjacent to an activating group) is 1. The number of anilines is 1. The Morgan fingerprint density at radius 1 is 0.822 bits per heavy atom. The molecule has 2 amide bonds. The van der Waals surface area contributed by atoms with Crippen molar-refractivity contribution in [1.29, 1.82) is 0 Å². The van der Waals surface area contributed by atoms with Crippen LogP contribution in [0, 0.1) is 13.8 Å². The van der Waals surface area contributed by atoms with Gasteiger partial charge in [0.15, 0.2) is 11.5 Å². The number of nitrogens with one attached hydrogen (secondary N) is 1. The fraction of sp³-hybridized carbons (Fsp3) is 0.257. The molecule has 1 atom stereocenters. The van der Waals surface area contributed by atoms with Crippen LogP contribution in [0.2, 0.25) is 0 Å². The van der Waals surface area contributed by atoms with Crippen LogP contribution in [-0.2, 0) is 32.6 Å². The largest absolute Gasteiger partial charge is 0.493 e. The first-order valence-electron chi connectivity index (χ1n) is 14.5. The van der Waals surface area contributed by atoms with Crippen LogP contribution in [0.3, 0.4) is 0 Å². The Morgan fingerprint density at radius 2 is 1.47 bits per heavy atom. The zero-order chi connectivity index (χ0) is 32.6. The van der Waals surface area contributed by atoms with Gasteiger partial charge in [0.2, 0.25) is 11.8 Å². The minimum absolute atomic E-state index is 0.0777. The molecule has 0 bridgehead atoms. The van der Waals surface area contributed by atoms with Crippen molar-refractivity contribution in [3.05, 3.63) is 119 Å². The van der Waals surface area contributed by atoms with Crippen LogP contribution in [-0.4, -0.2) is 59.0 Å². The number of carbonyl (C=O) groups is 2. The fourth-order valence-electron chi connectivity index (χ4n) is 5.04. The van der Waals surface area contributed by atoms with Crippen LogP contribution < -0.4 is 19.1 Å². The summed E-state index contributed by atoms with van der Waals surface area (Å²) in [4.78, 5) is 29.3. The van der Waals surface area contributed by atoms with Gasteiger partial charge in [0.05, 0.1) is 24.8 Å². The molecule has 0 fully saturated rings. The molecule has 9 nitrogen and oxygen atoms in total. The molecule has 1 N–H and O–H groups in total. The summed E-state index contributed by atoms with van der Waals surface area (Å²) in [6.45, 7) is 3.39. The maximum absolute atomic E-state index is 14.5. The van der Waals surface area contributed by atoms with E-state index < -0.39 is 28.5 Å². The maximum atomic E-state index is 14.5. The lowest BCUT2D eigenvalue weighted by atomic mass is 10.0. The summed E-state index contributed by atoms with van der Waals surface area (Å²) in [7, 11) is 0.114. The number of benzene rings is 4. The van der Waals surface area contributed by atoms with Crippen molar-refractivity contribution in [3.63, 3.8) is 0 Å². The van der Waals surface area contributed by atoms with E-state index in [1.165, 1.54) is 44.4 Å². The van der Waals surface area contributed by atoms with Crippen molar-refractivity contribution in [1.82, 2.24) is 10.2 Å². The molecule has 4 rings (SSSR count). The van der Waals surface area contributed by atoms with E-state index in [0.717, 1.165) is 26.6 Å². The van der Waals surface area contributed by atoms with Gasteiger partial charge in [-0.25, -0.2) is 8.42 Å². The van der Waals surface area contributed by atoms with E-state index in [1.54, 1.807) is 24.3 Å². The smallest absolute Gasteiger partial charge is 0.264 e. The first-order valence-corrected chi connectivity index (χ1v) is 15.9. The highest BCUT2D eigenvalue weighted by Gasteiger charge is 2.34. The van der Waals surface area contributed by atoms with Gasteiger partial charge >= 0.3 is 0 Å². The SMILES string of the molecule is CNC(=O)[C@@H](Cc1ccccc1)N(Cc1ccccc1C)C(=O)CN(c1ccc(C)cc1)S(=O)(=O)c1ccc(OC)c(OC)c1. The van der Waals surface area contributed by atoms with Gasteiger partial charge in [-0.2, -0.15) is 0 Å². The third-order valence-electron chi connectivity index (χ3n) is 7.66. The van der Waals surface area contributed by atoms with Crippen LogP contribution in [0.4, 0.5) is 5.69 Å². The van der Waals surface area contributed by atoms with Gasteiger partial charge in [0.1, 0.15) is 12.6 Å². The van der Waals surface area contributed by atoms with Crippen LogP contribution in [0.5, 0.6) is 11.5 Å². The Balaban J connectivity index is 1.81. The Bertz CT molecular complexity index is 1730. The first-order chi connectivity index (χ1) is 21.6. The standard InChI is InChI=1S/C35H39N3O6S/c1-25-15-17-29(18-16-25)38(45(41,42)30-19-20-32(43-4)33(22-30)44-5)24-34(39)37(23-28-14-10-9-11-26(28)2)31(35(40)36-3)21-27-12-7-6-8-13-27/h6-20,22,31H,21,23-24H2,1-5H3,(H,36,40)/t31-/m1/s1. The molecule has 0 spiro atoms. The maximum Gasteiger partial charge on any atom is 0.264 e. The molecule has 0 aromatic heterocycles. The molecule has 0 aliphatic carbocycles. The summed E-state index contributed by atoms with van der Waals surface area (Å²) in [6.07, 6.45) is 0.241. The summed E-state index contributed by atoms with van der Waals surface area (Å²) in [5, 5.41) is 2.70. The van der Waals surface area contributed by atoms with E-state index in [2.05, 4.69) is 5.32 Å². The molecule has 4 aromatic carbocycles. The van der Waals surface area contributed by atoms with Gasteiger partial charge in [0.25, 0.3) is 10.0 Å². The van der Waals surface area contributed by atoms with E-state index in [1.807, 2.05) is 68.4 Å². The van der Waals surface area contributed by atoms with Gasteiger partial charge in [-0.1, -0.05) is 72.3 Å². The first kappa shape index (κ1) is 33.1. The molecule has 0 saturated carbocycles. The minimum Gasteiger partial charge on any atom is -0.493 e. The molecule has 236 valence electrons. The van der Waals surface area contributed by atoms with E-state index in [0.29, 0.717) is 11.4 Å². The second kappa shape index (κ2) is 14.8. The van der Waals surface area contributed by atoms with Gasteiger partial charge in [-0.3, -0.25) is 13.9 Å². The van der Waals surface area contributed by atoms with Gasteiger partial charge in [-0.15, -0.1) is 0 Å². The predicted octanol–water partition coefficient (Wildman–Crippen LogP) is 4.90. The normalized spacial score (nSPS) is 11.8. The van der Waals surface area contributed by atoms with E-state index in [4.69, 9.17) is 9.47 Å². The third kappa shape index (κ3) is 7.82. The molecule has 45 heavy (non-hydrogen) atoms. The Kier molecular flexibility index (Phi) is 10.9. The van der Waals surface area contributed by atoms with Crippen molar-refractivity contribution in [2.75, 3.05) is 32.1 Å². The number of nitrogens with zero attached hydrogens (tertiary/aromatic N) is 2. The second-order valence-corrected chi connectivity index (χ2v) is 12.5. The molecule has 0 heterocycles. The quantitative estimate of drug-likeness (QED) is 0.226. The van der Waals surface area contributed by atoms with Crippen molar-refractivity contribution in [2.24, 2.45) is 0 Å². The number of hydrogen-bond donors (Lipinski definition) is 1. The number of aryl methyl sites for hydroxylation is 2. The average molecular weight is 630 g/mol. The highest BCUT2D eigenvalue weighted by atomic mass is 32.2. The van der Waals surface area contributed by atoms with Crippen LogP contribution in [0.1, 0.15) is 22.3 Å². The Morgan fingerprint density at radius 3 is 2.09 bits per heavy atom. The van der Waals surface area contributed by atoms with E-state index in [9.17, 15) is 18.0 Å². The topological polar surface area (TPSA) is 105 Å². The lowest BCUT2D eigenvalue weighted by Gasteiger charge is -2.34. The predicted molar refractivity (Wildman–Crippen MR) is 175 cm³/mol. The van der Waals surface area contributed by atoms with Gasteiger partial charge < -0.3 is 19.7 Å². The highest BCUT2D eigenvalue weighted by molar-refractivity contribution is 7.92. The minimum atomic E-state index is -4.29. The lowest BCUT2D eigenvalue weighted by Crippen LogP contribution is -2.53. The third-order valence-corrected chi connectivity index (χ3v) is 9.43. The summed E-state index contributed by atoms with van der Waals surface area (Å²) >= 11 is 0. The number of amides is 2. The van der Waals surface area contributed by atoms with Gasteiger partial charge in [0, 0.05) is 26.1 Å². The highest BCUT2D eigenvalue weighted by Crippen LogP contribution is 2.32. The number of carbonyl (C=O) groups excluding carboxylic acids is 2. The second-order valence-electron chi connectivity index (χ2n) is 10.6. The van der Waals surface area contributed by atoms with Crippen molar-refractivity contribution in [3.8, 4) is 11.5 Å². The summed E-state index contributed by atoms with van der Waals surface area (Å²) in [5.74, 6) is -0.288. The molecular weight excluding hydrogens is 590 g/mol. The van der Waals surface area contributed by atoms with Crippen molar-refractivity contribution in [2.45, 2.75) is 37.8 Å². The lowest BCUT2D eigenvalue weighted by molar-refractivity contribution is -0.139. The fourth-order valence-corrected chi connectivity index (χ4v) is 6.47. The van der Waals surface area contributed by atoms with Crippen molar-refractivity contribution >= 4 is 27.5 Å². The molecular formula is C35H39N3O6S. The summed E-state index contributed by atoms with van der Waals surface area (Å²) in [6, 6.07) is 27.3. The number of ether oxygens (including phenoxy) is 2. The molecule has 0 radical (unpaired) electrons. The monoisotopic (exact) mass is 629 g/mol. The van der Waals surface area contributed by atoms with E-state index in [-0.39, 0.29) is 29.5 Å². The summed E-state index contributed by atoms with van der Waals surface area (Å²) < 4.78 is 40.3. The van der Waals surface area contributed by atoms with Gasteiger partial charge in [-0.05, 0) is 54.8 Å². The number of sulfonamides is 1. The summed E-state index contributed by atoms with van der Waals surface area (Å²) in [5.41, 5.74) is 3.88. The van der Waals surface area contributed by atoms with E-state index >= 15 is 0 Å². The van der Waals surface area contributed by atoms with Crippen molar-refractivity contribution < 1.29 is 27.5 Å². The van der Waals surface area contributed by atoms with Crippen LogP contribution in [0.15, 0.2) is 102 Å². The Labute approximate surface area is 265 Å². The number of rotatable bonds is 13. The Hall–Kier alpha value is -4.83. The molecule has 0 saturated heterocycles. The molecule has 0 aliphatic heterocycles.